The first-order chi connectivity index (χ1) is 12.8. The van der Waals surface area contributed by atoms with Crippen LogP contribution in [0.4, 0.5) is 5.69 Å². The summed E-state index contributed by atoms with van der Waals surface area (Å²) < 4.78 is 31.0. The Balaban J connectivity index is 1.90. The number of nitrogens with one attached hydrogen (secondary N) is 1. The maximum absolute atomic E-state index is 12.4. The van der Waals surface area contributed by atoms with E-state index in [9.17, 15) is 13.2 Å². The van der Waals surface area contributed by atoms with Gasteiger partial charge in [0, 0.05) is 11.6 Å². The Morgan fingerprint density at radius 2 is 1.78 bits per heavy atom. The fourth-order valence-corrected chi connectivity index (χ4v) is 3.86. The molecule has 2 aromatic carbocycles. The lowest BCUT2D eigenvalue weighted by molar-refractivity contribution is -0.122. The predicted molar refractivity (Wildman–Crippen MR) is 107 cm³/mol. The van der Waals surface area contributed by atoms with Crippen molar-refractivity contribution in [2.45, 2.75) is 19.6 Å². The van der Waals surface area contributed by atoms with E-state index >= 15 is 0 Å². The summed E-state index contributed by atoms with van der Waals surface area (Å²) in [6.45, 7) is 2.60. The number of amides is 1. The molecule has 0 spiro atoms. The van der Waals surface area contributed by atoms with Crippen LogP contribution in [0.25, 0.3) is 0 Å². The Kier molecular flexibility index (Phi) is 7.65. The summed E-state index contributed by atoms with van der Waals surface area (Å²) in [5.74, 6) is -0.404. The molecule has 0 bridgehead atoms. The number of benzene rings is 2. The molecule has 0 aliphatic carbocycles. The highest BCUT2D eigenvalue weighted by Gasteiger charge is 2.28. The van der Waals surface area contributed by atoms with E-state index in [-0.39, 0.29) is 6.54 Å². The van der Waals surface area contributed by atoms with Crippen LogP contribution >= 0.6 is 11.6 Å². The first kappa shape index (κ1) is 21.2. The Labute approximate surface area is 165 Å². The molecule has 0 saturated heterocycles. The number of carbonyl (C=O) groups excluding carboxylic acids is 1. The van der Waals surface area contributed by atoms with Gasteiger partial charge in [-0.05, 0) is 36.8 Å². The zero-order valence-electron chi connectivity index (χ0n) is 15.3. The molecule has 2 rings (SSSR count). The van der Waals surface area contributed by atoms with Gasteiger partial charge in [-0.15, -0.1) is 0 Å². The number of halogens is 1. The van der Waals surface area contributed by atoms with E-state index in [0.29, 0.717) is 23.9 Å². The Hall–Kier alpha value is -2.09. The van der Waals surface area contributed by atoms with Gasteiger partial charge in [0.25, 0.3) is 0 Å². The normalized spacial score (nSPS) is 12.4. The van der Waals surface area contributed by atoms with Gasteiger partial charge in [0.15, 0.2) is 0 Å². The molecule has 1 amide bonds. The van der Waals surface area contributed by atoms with Crippen molar-refractivity contribution in [2.24, 2.45) is 0 Å². The van der Waals surface area contributed by atoms with Crippen LogP contribution in [0.3, 0.4) is 0 Å². The minimum Gasteiger partial charge on any atom is -0.375 e. The van der Waals surface area contributed by atoms with E-state index in [1.165, 1.54) is 6.92 Å². The number of carbonyl (C=O) groups is 1. The average molecular weight is 411 g/mol. The van der Waals surface area contributed by atoms with Crippen LogP contribution < -0.4 is 9.62 Å². The van der Waals surface area contributed by atoms with Gasteiger partial charge in [-0.3, -0.25) is 9.10 Å². The maximum atomic E-state index is 12.4. The number of hydrogen-bond donors (Lipinski definition) is 1. The van der Waals surface area contributed by atoms with E-state index in [1.54, 1.807) is 24.3 Å². The van der Waals surface area contributed by atoms with Crippen LogP contribution in [-0.4, -0.2) is 39.8 Å². The van der Waals surface area contributed by atoms with Crippen LogP contribution in [0.5, 0.6) is 0 Å². The highest BCUT2D eigenvalue weighted by Crippen LogP contribution is 2.22. The molecule has 0 aliphatic heterocycles. The number of ether oxygens (including phenoxy) is 1. The van der Waals surface area contributed by atoms with Crippen molar-refractivity contribution in [3.05, 3.63) is 65.2 Å². The molecular formula is C19H23ClN2O4S. The van der Waals surface area contributed by atoms with Gasteiger partial charge in [-0.2, -0.15) is 0 Å². The molecule has 0 aromatic heterocycles. The Bertz CT molecular complexity index is 842. The lowest BCUT2D eigenvalue weighted by Gasteiger charge is -2.28. The first-order valence-corrected chi connectivity index (χ1v) is 10.7. The summed E-state index contributed by atoms with van der Waals surface area (Å²) in [5.41, 5.74) is 1.42. The van der Waals surface area contributed by atoms with Crippen molar-refractivity contribution in [1.29, 1.82) is 0 Å². The molecular weight excluding hydrogens is 388 g/mol. The first-order valence-electron chi connectivity index (χ1n) is 8.43. The molecule has 8 heteroatoms. The molecule has 1 N–H and O–H groups in total. The second-order valence-electron chi connectivity index (χ2n) is 6.04. The van der Waals surface area contributed by atoms with Crippen LogP contribution in [0.15, 0.2) is 54.6 Å². The molecule has 27 heavy (non-hydrogen) atoms. The number of anilines is 1. The van der Waals surface area contributed by atoms with Gasteiger partial charge in [-0.1, -0.05) is 41.9 Å². The summed E-state index contributed by atoms with van der Waals surface area (Å²) in [6, 6.07) is 15.1. The van der Waals surface area contributed by atoms with Crippen molar-refractivity contribution in [2.75, 3.05) is 23.7 Å². The molecule has 0 heterocycles. The molecule has 1 unspecified atom stereocenters. The standard InChI is InChI=1S/C19H23ClN2O4S/c1-15(22(27(2,24)25)18-10-8-17(20)9-11-18)19(23)21-12-13-26-14-16-6-4-3-5-7-16/h3-11,15H,12-14H2,1-2H3,(H,21,23). The van der Waals surface area contributed by atoms with Crippen LogP contribution in [0.1, 0.15) is 12.5 Å². The van der Waals surface area contributed by atoms with Gasteiger partial charge in [0.2, 0.25) is 15.9 Å². The molecule has 6 nitrogen and oxygen atoms in total. The lowest BCUT2D eigenvalue weighted by atomic mass is 10.2. The number of hydrogen-bond acceptors (Lipinski definition) is 4. The largest absolute Gasteiger partial charge is 0.375 e. The van der Waals surface area contributed by atoms with Gasteiger partial charge in [-0.25, -0.2) is 8.42 Å². The minimum absolute atomic E-state index is 0.286. The maximum Gasteiger partial charge on any atom is 0.243 e. The van der Waals surface area contributed by atoms with Crippen LogP contribution in [0.2, 0.25) is 5.02 Å². The van der Waals surface area contributed by atoms with Crippen molar-refractivity contribution < 1.29 is 17.9 Å². The Morgan fingerprint density at radius 1 is 1.15 bits per heavy atom. The zero-order chi connectivity index (χ0) is 19.9. The van der Waals surface area contributed by atoms with Crippen LogP contribution in [-0.2, 0) is 26.2 Å². The molecule has 2 aromatic rings. The number of rotatable bonds is 9. The van der Waals surface area contributed by atoms with Crippen molar-refractivity contribution in [1.82, 2.24) is 5.32 Å². The summed E-state index contributed by atoms with van der Waals surface area (Å²) in [7, 11) is -3.65. The van der Waals surface area contributed by atoms with E-state index in [0.717, 1.165) is 16.1 Å². The third-order valence-electron chi connectivity index (χ3n) is 3.83. The second kappa shape index (κ2) is 9.73. The average Bonchev–Trinajstić information content (AvgIpc) is 2.62. The van der Waals surface area contributed by atoms with E-state index in [4.69, 9.17) is 16.3 Å². The number of nitrogens with zero attached hydrogens (tertiary/aromatic N) is 1. The molecule has 146 valence electrons. The topological polar surface area (TPSA) is 75.7 Å². The smallest absolute Gasteiger partial charge is 0.243 e. The second-order valence-corrected chi connectivity index (χ2v) is 8.34. The van der Waals surface area contributed by atoms with Crippen molar-refractivity contribution >= 4 is 33.2 Å². The molecule has 0 saturated carbocycles. The summed E-state index contributed by atoms with van der Waals surface area (Å²) in [4.78, 5) is 12.4. The zero-order valence-corrected chi connectivity index (χ0v) is 16.8. The summed E-state index contributed by atoms with van der Waals surface area (Å²) in [5, 5.41) is 3.19. The predicted octanol–water partition coefficient (Wildman–Crippen LogP) is 2.83. The molecule has 0 aliphatic rings. The van der Waals surface area contributed by atoms with Crippen LogP contribution in [0, 0.1) is 0 Å². The summed E-state index contributed by atoms with van der Waals surface area (Å²) in [6.07, 6.45) is 1.06. The molecule has 0 radical (unpaired) electrons. The SMILES string of the molecule is CC(C(=O)NCCOCc1ccccc1)N(c1ccc(Cl)cc1)S(C)(=O)=O. The van der Waals surface area contributed by atoms with E-state index < -0.39 is 22.0 Å². The van der Waals surface area contributed by atoms with Gasteiger partial charge >= 0.3 is 0 Å². The fraction of sp³-hybridized carbons (Fsp3) is 0.316. The highest BCUT2D eigenvalue weighted by molar-refractivity contribution is 7.92. The molecule has 1 atom stereocenters. The van der Waals surface area contributed by atoms with Crippen molar-refractivity contribution in [3.63, 3.8) is 0 Å². The lowest BCUT2D eigenvalue weighted by Crippen LogP contribution is -2.48. The van der Waals surface area contributed by atoms with Crippen molar-refractivity contribution in [3.8, 4) is 0 Å². The number of sulfonamides is 1. The summed E-state index contributed by atoms with van der Waals surface area (Å²) >= 11 is 5.85. The van der Waals surface area contributed by atoms with Gasteiger partial charge < -0.3 is 10.1 Å². The monoisotopic (exact) mass is 410 g/mol. The van der Waals surface area contributed by atoms with E-state index in [2.05, 4.69) is 5.32 Å². The minimum atomic E-state index is -3.65. The van der Waals surface area contributed by atoms with Gasteiger partial charge in [0.1, 0.15) is 6.04 Å². The highest BCUT2D eigenvalue weighted by atomic mass is 35.5. The van der Waals surface area contributed by atoms with E-state index in [1.807, 2.05) is 30.3 Å². The quantitative estimate of drug-likeness (QED) is 0.645. The Morgan fingerprint density at radius 3 is 2.37 bits per heavy atom. The van der Waals surface area contributed by atoms with Gasteiger partial charge in [0.05, 0.1) is 25.2 Å². The molecule has 0 fully saturated rings. The fourth-order valence-electron chi connectivity index (χ4n) is 2.56. The third-order valence-corrected chi connectivity index (χ3v) is 5.32. The third kappa shape index (κ3) is 6.53.